The molecule has 2 aromatic rings. The highest BCUT2D eigenvalue weighted by molar-refractivity contribution is 7.89. The van der Waals surface area contributed by atoms with E-state index in [4.69, 9.17) is 11.6 Å². The normalized spacial score (nSPS) is 11.9. The van der Waals surface area contributed by atoms with Crippen LogP contribution in [0.1, 0.15) is 30.1 Å². The van der Waals surface area contributed by atoms with E-state index in [1.165, 1.54) is 20.3 Å². The SMILES string of the molecule is CCN(CC)S(=O)(=O)c1c(C)nn(CC(=O)NCc2ccc(Cl)s2)c1C. The Morgan fingerprint density at radius 2 is 1.96 bits per heavy atom. The van der Waals surface area contributed by atoms with Gasteiger partial charge < -0.3 is 5.32 Å². The van der Waals surface area contributed by atoms with Gasteiger partial charge in [0.1, 0.15) is 11.4 Å². The number of aryl methyl sites for hydroxylation is 1. The van der Waals surface area contributed by atoms with Gasteiger partial charge in [0.25, 0.3) is 0 Å². The number of nitrogens with zero attached hydrogens (tertiary/aromatic N) is 3. The zero-order valence-electron chi connectivity index (χ0n) is 15.2. The first-order chi connectivity index (χ1) is 12.2. The fraction of sp³-hybridized carbons (Fsp3) is 0.500. The molecule has 0 saturated heterocycles. The maximum atomic E-state index is 12.8. The number of carbonyl (C=O) groups is 1. The third-order valence-electron chi connectivity index (χ3n) is 4.00. The van der Waals surface area contributed by atoms with Gasteiger partial charge in [0.05, 0.1) is 22.3 Å². The molecule has 0 atom stereocenters. The minimum Gasteiger partial charge on any atom is -0.350 e. The lowest BCUT2D eigenvalue weighted by molar-refractivity contribution is -0.122. The van der Waals surface area contributed by atoms with E-state index in [2.05, 4.69) is 10.4 Å². The summed E-state index contributed by atoms with van der Waals surface area (Å²) in [4.78, 5) is 13.3. The van der Waals surface area contributed by atoms with Crippen LogP contribution in [0.3, 0.4) is 0 Å². The Kier molecular flexibility index (Phi) is 6.84. The van der Waals surface area contributed by atoms with E-state index in [-0.39, 0.29) is 17.3 Å². The van der Waals surface area contributed by atoms with E-state index in [0.717, 1.165) is 4.88 Å². The summed E-state index contributed by atoms with van der Waals surface area (Å²) in [5, 5.41) is 7.05. The van der Waals surface area contributed by atoms with E-state index in [1.54, 1.807) is 33.8 Å². The second-order valence-corrected chi connectivity index (χ2v) is 9.40. The van der Waals surface area contributed by atoms with Crippen LogP contribution in [0.5, 0.6) is 0 Å². The van der Waals surface area contributed by atoms with E-state index in [0.29, 0.717) is 35.4 Å². The van der Waals surface area contributed by atoms with Crippen molar-refractivity contribution in [2.75, 3.05) is 13.1 Å². The highest BCUT2D eigenvalue weighted by atomic mass is 35.5. The molecule has 0 radical (unpaired) electrons. The van der Waals surface area contributed by atoms with Crippen molar-refractivity contribution in [2.24, 2.45) is 0 Å². The number of thiophene rings is 1. The second-order valence-electron chi connectivity index (χ2n) is 5.73. The van der Waals surface area contributed by atoms with Crippen molar-refractivity contribution >= 4 is 38.9 Å². The first-order valence-corrected chi connectivity index (χ1v) is 10.9. The Bertz CT molecular complexity index is 885. The van der Waals surface area contributed by atoms with Crippen LogP contribution in [0.15, 0.2) is 17.0 Å². The van der Waals surface area contributed by atoms with Crippen LogP contribution < -0.4 is 5.32 Å². The molecule has 1 N–H and O–H groups in total. The quantitative estimate of drug-likeness (QED) is 0.713. The molecule has 0 aliphatic heterocycles. The minimum absolute atomic E-state index is 0.0421. The second kappa shape index (κ2) is 8.51. The van der Waals surface area contributed by atoms with Gasteiger partial charge in [-0.2, -0.15) is 9.40 Å². The first kappa shape index (κ1) is 20.9. The molecule has 26 heavy (non-hydrogen) atoms. The summed E-state index contributed by atoms with van der Waals surface area (Å²) in [6.07, 6.45) is 0. The van der Waals surface area contributed by atoms with Crippen molar-refractivity contribution < 1.29 is 13.2 Å². The molecule has 0 bridgehead atoms. The number of halogens is 1. The molecule has 7 nitrogen and oxygen atoms in total. The predicted molar refractivity (Wildman–Crippen MR) is 103 cm³/mol. The van der Waals surface area contributed by atoms with Crippen LogP contribution in [0.25, 0.3) is 0 Å². The zero-order chi connectivity index (χ0) is 19.5. The van der Waals surface area contributed by atoms with Crippen molar-refractivity contribution in [3.05, 3.63) is 32.7 Å². The molecule has 2 heterocycles. The summed E-state index contributed by atoms with van der Waals surface area (Å²) in [7, 11) is -3.62. The Hall–Kier alpha value is -1.42. The van der Waals surface area contributed by atoms with E-state index in [9.17, 15) is 13.2 Å². The van der Waals surface area contributed by atoms with Crippen LogP contribution in [-0.4, -0.2) is 41.5 Å². The predicted octanol–water partition coefficient (Wildman–Crippen LogP) is 2.56. The average molecular weight is 419 g/mol. The van der Waals surface area contributed by atoms with Crippen molar-refractivity contribution in [1.82, 2.24) is 19.4 Å². The van der Waals surface area contributed by atoms with Gasteiger partial charge in [0, 0.05) is 18.0 Å². The summed E-state index contributed by atoms with van der Waals surface area (Å²) < 4.78 is 29.1. The number of hydrogen-bond donors (Lipinski definition) is 1. The van der Waals surface area contributed by atoms with Crippen LogP contribution in [-0.2, 0) is 27.9 Å². The van der Waals surface area contributed by atoms with Gasteiger partial charge in [0.2, 0.25) is 15.9 Å². The van der Waals surface area contributed by atoms with E-state index < -0.39 is 10.0 Å². The molecule has 0 fully saturated rings. The molecule has 144 valence electrons. The Balaban J connectivity index is 2.15. The summed E-state index contributed by atoms with van der Waals surface area (Å²) in [6, 6.07) is 3.63. The molecule has 2 aromatic heterocycles. The van der Waals surface area contributed by atoms with E-state index in [1.807, 2.05) is 6.07 Å². The summed E-state index contributed by atoms with van der Waals surface area (Å²) in [5.74, 6) is -0.244. The standard InChI is InChI=1S/C16H23ClN4O3S2/c1-5-20(6-2)26(23,24)16-11(3)19-21(12(16)4)10-15(22)18-9-13-7-8-14(17)25-13/h7-8H,5-6,9-10H2,1-4H3,(H,18,22). The Morgan fingerprint density at radius 3 is 2.50 bits per heavy atom. The maximum Gasteiger partial charge on any atom is 0.246 e. The van der Waals surface area contributed by atoms with Crippen LogP contribution in [0.2, 0.25) is 4.34 Å². The smallest absolute Gasteiger partial charge is 0.246 e. The van der Waals surface area contributed by atoms with Crippen molar-refractivity contribution in [2.45, 2.75) is 45.7 Å². The van der Waals surface area contributed by atoms with Crippen molar-refractivity contribution in [1.29, 1.82) is 0 Å². The number of hydrogen-bond acceptors (Lipinski definition) is 5. The lowest BCUT2D eigenvalue weighted by atomic mass is 10.4. The molecular weight excluding hydrogens is 396 g/mol. The highest BCUT2D eigenvalue weighted by Crippen LogP contribution is 2.23. The molecular formula is C16H23ClN4O3S2. The summed E-state index contributed by atoms with van der Waals surface area (Å²) >= 11 is 7.27. The number of carbonyl (C=O) groups excluding carboxylic acids is 1. The number of sulfonamides is 1. The summed E-state index contributed by atoms with van der Waals surface area (Å²) in [6.45, 7) is 7.99. The van der Waals surface area contributed by atoms with Gasteiger partial charge in [0.15, 0.2) is 0 Å². The molecule has 0 aliphatic carbocycles. The van der Waals surface area contributed by atoms with Gasteiger partial charge >= 0.3 is 0 Å². The van der Waals surface area contributed by atoms with Crippen LogP contribution in [0, 0.1) is 13.8 Å². The molecule has 10 heteroatoms. The monoisotopic (exact) mass is 418 g/mol. The molecule has 1 amide bonds. The lowest BCUT2D eigenvalue weighted by Gasteiger charge is -2.18. The molecule has 2 rings (SSSR count). The Labute approximate surface area is 163 Å². The molecule has 0 unspecified atom stereocenters. The molecule has 0 saturated carbocycles. The largest absolute Gasteiger partial charge is 0.350 e. The van der Waals surface area contributed by atoms with Gasteiger partial charge in [-0.15, -0.1) is 11.3 Å². The lowest BCUT2D eigenvalue weighted by Crippen LogP contribution is -2.31. The summed E-state index contributed by atoms with van der Waals surface area (Å²) in [5.41, 5.74) is 0.857. The van der Waals surface area contributed by atoms with Gasteiger partial charge in [-0.1, -0.05) is 25.4 Å². The van der Waals surface area contributed by atoms with Gasteiger partial charge in [-0.3, -0.25) is 9.48 Å². The molecule has 0 aliphatic rings. The van der Waals surface area contributed by atoms with Gasteiger partial charge in [-0.25, -0.2) is 8.42 Å². The molecule has 0 spiro atoms. The number of rotatable bonds is 8. The number of nitrogens with one attached hydrogen (secondary N) is 1. The van der Waals surface area contributed by atoms with Crippen LogP contribution in [0.4, 0.5) is 0 Å². The zero-order valence-corrected chi connectivity index (χ0v) is 17.6. The van der Waals surface area contributed by atoms with Crippen molar-refractivity contribution in [3.63, 3.8) is 0 Å². The maximum absolute atomic E-state index is 12.8. The number of amides is 1. The topological polar surface area (TPSA) is 84.3 Å². The fourth-order valence-corrected chi connectivity index (χ4v) is 5.58. The highest BCUT2D eigenvalue weighted by Gasteiger charge is 2.29. The first-order valence-electron chi connectivity index (χ1n) is 8.25. The third-order valence-corrected chi connectivity index (χ3v) is 7.53. The minimum atomic E-state index is -3.62. The fourth-order valence-electron chi connectivity index (χ4n) is 2.72. The van der Waals surface area contributed by atoms with Crippen LogP contribution >= 0.6 is 22.9 Å². The van der Waals surface area contributed by atoms with Gasteiger partial charge in [-0.05, 0) is 26.0 Å². The molecule has 0 aromatic carbocycles. The van der Waals surface area contributed by atoms with Crippen molar-refractivity contribution in [3.8, 4) is 0 Å². The van der Waals surface area contributed by atoms with E-state index >= 15 is 0 Å². The third kappa shape index (κ3) is 4.46. The number of aromatic nitrogens is 2. The average Bonchev–Trinajstić information content (AvgIpc) is 3.09. The Morgan fingerprint density at radius 1 is 1.31 bits per heavy atom.